The summed E-state index contributed by atoms with van der Waals surface area (Å²) in [7, 11) is 0. The molecule has 0 unspecified atom stereocenters. The highest BCUT2D eigenvalue weighted by Crippen LogP contribution is 2.19. The van der Waals surface area contributed by atoms with Crippen LogP contribution < -0.4 is 4.74 Å². The molecule has 0 aliphatic heterocycles. The van der Waals surface area contributed by atoms with Gasteiger partial charge in [-0.05, 0) is 43.5 Å². The topological polar surface area (TPSA) is 78.9 Å². The SMILES string of the molecule is Cc1cc(C)cc(OCCCSc2nnc(Cn3cncn3)o2)c1. The van der Waals surface area contributed by atoms with Crippen molar-refractivity contribution in [1.82, 2.24) is 25.0 Å². The molecule has 7 nitrogen and oxygen atoms in total. The Morgan fingerprint density at radius 2 is 2.00 bits per heavy atom. The first-order valence-corrected chi connectivity index (χ1v) is 8.66. The summed E-state index contributed by atoms with van der Waals surface area (Å²) in [6.45, 7) is 5.24. The van der Waals surface area contributed by atoms with Crippen LogP contribution in [0.2, 0.25) is 0 Å². The maximum Gasteiger partial charge on any atom is 0.276 e. The third-order valence-corrected chi connectivity index (χ3v) is 4.10. The number of hydrogen-bond acceptors (Lipinski definition) is 7. The van der Waals surface area contributed by atoms with Crippen molar-refractivity contribution in [3.63, 3.8) is 0 Å². The summed E-state index contributed by atoms with van der Waals surface area (Å²) in [6.07, 6.45) is 3.99. The van der Waals surface area contributed by atoms with Gasteiger partial charge in [0.2, 0.25) is 5.89 Å². The van der Waals surface area contributed by atoms with Crippen molar-refractivity contribution < 1.29 is 9.15 Å². The molecule has 126 valence electrons. The van der Waals surface area contributed by atoms with Crippen molar-refractivity contribution in [2.24, 2.45) is 0 Å². The van der Waals surface area contributed by atoms with Gasteiger partial charge >= 0.3 is 0 Å². The zero-order chi connectivity index (χ0) is 16.8. The molecule has 0 bridgehead atoms. The Bertz CT molecular complexity index is 752. The van der Waals surface area contributed by atoms with Gasteiger partial charge in [0, 0.05) is 5.75 Å². The molecule has 3 rings (SSSR count). The van der Waals surface area contributed by atoms with E-state index in [-0.39, 0.29) is 0 Å². The molecule has 0 saturated heterocycles. The van der Waals surface area contributed by atoms with Crippen LogP contribution >= 0.6 is 11.8 Å². The Morgan fingerprint density at radius 1 is 1.17 bits per heavy atom. The lowest BCUT2D eigenvalue weighted by Gasteiger charge is -2.07. The van der Waals surface area contributed by atoms with Gasteiger partial charge < -0.3 is 9.15 Å². The van der Waals surface area contributed by atoms with Crippen LogP contribution in [0.4, 0.5) is 0 Å². The van der Waals surface area contributed by atoms with Gasteiger partial charge in [-0.15, -0.1) is 10.2 Å². The normalized spacial score (nSPS) is 10.9. The highest BCUT2D eigenvalue weighted by molar-refractivity contribution is 7.99. The van der Waals surface area contributed by atoms with E-state index in [1.54, 1.807) is 11.0 Å². The van der Waals surface area contributed by atoms with Crippen LogP contribution in [0.5, 0.6) is 5.75 Å². The fourth-order valence-corrected chi connectivity index (χ4v) is 2.93. The average Bonchev–Trinajstić information content (AvgIpc) is 3.18. The minimum absolute atomic E-state index is 0.434. The first-order chi connectivity index (χ1) is 11.7. The van der Waals surface area contributed by atoms with Crippen LogP contribution in [0.25, 0.3) is 0 Å². The Balaban J connectivity index is 1.38. The fourth-order valence-electron chi connectivity index (χ4n) is 2.24. The van der Waals surface area contributed by atoms with E-state index in [1.807, 2.05) is 0 Å². The van der Waals surface area contributed by atoms with Gasteiger partial charge in [-0.3, -0.25) is 0 Å². The minimum Gasteiger partial charge on any atom is -0.494 e. The van der Waals surface area contributed by atoms with Crippen molar-refractivity contribution in [3.05, 3.63) is 47.9 Å². The summed E-state index contributed by atoms with van der Waals surface area (Å²) < 4.78 is 13.0. The van der Waals surface area contributed by atoms with Crippen molar-refractivity contribution in [2.45, 2.75) is 32.0 Å². The number of thioether (sulfide) groups is 1. The summed E-state index contributed by atoms with van der Waals surface area (Å²) in [5, 5.41) is 12.6. The Morgan fingerprint density at radius 3 is 2.75 bits per heavy atom. The molecule has 2 heterocycles. The van der Waals surface area contributed by atoms with E-state index in [0.29, 0.717) is 24.3 Å². The van der Waals surface area contributed by atoms with E-state index in [4.69, 9.17) is 9.15 Å². The Hall–Kier alpha value is -2.35. The lowest BCUT2D eigenvalue weighted by molar-refractivity contribution is 0.318. The largest absolute Gasteiger partial charge is 0.494 e. The summed E-state index contributed by atoms with van der Waals surface area (Å²) in [6, 6.07) is 6.23. The number of ether oxygens (including phenoxy) is 1. The molecule has 0 fully saturated rings. The van der Waals surface area contributed by atoms with Crippen LogP contribution in [0.3, 0.4) is 0 Å². The number of aryl methyl sites for hydroxylation is 2. The third-order valence-electron chi connectivity index (χ3n) is 3.19. The van der Waals surface area contributed by atoms with Crippen LogP contribution in [-0.4, -0.2) is 37.3 Å². The molecule has 1 aromatic carbocycles. The van der Waals surface area contributed by atoms with Crippen LogP contribution in [0, 0.1) is 13.8 Å². The number of hydrogen-bond donors (Lipinski definition) is 0. The number of benzene rings is 1. The average molecular weight is 345 g/mol. The molecule has 0 N–H and O–H groups in total. The van der Waals surface area contributed by atoms with Gasteiger partial charge in [0.25, 0.3) is 5.22 Å². The molecule has 0 radical (unpaired) electrons. The van der Waals surface area contributed by atoms with Crippen molar-refractivity contribution >= 4 is 11.8 Å². The van der Waals surface area contributed by atoms with Gasteiger partial charge in [-0.25, -0.2) is 9.67 Å². The lowest BCUT2D eigenvalue weighted by Crippen LogP contribution is -1.99. The van der Waals surface area contributed by atoms with E-state index < -0.39 is 0 Å². The number of nitrogens with zero attached hydrogens (tertiary/aromatic N) is 5. The molecule has 0 aliphatic rings. The quantitative estimate of drug-likeness (QED) is 0.459. The molecule has 0 amide bonds. The molecule has 0 saturated carbocycles. The summed E-state index contributed by atoms with van der Waals surface area (Å²) in [5.41, 5.74) is 2.43. The van der Waals surface area contributed by atoms with Gasteiger partial charge in [-0.2, -0.15) is 5.10 Å². The lowest BCUT2D eigenvalue weighted by atomic mass is 10.1. The predicted molar refractivity (Wildman–Crippen MR) is 90.2 cm³/mol. The second-order valence-electron chi connectivity index (χ2n) is 5.43. The molecule has 3 aromatic rings. The van der Waals surface area contributed by atoms with E-state index in [2.05, 4.69) is 52.3 Å². The monoisotopic (exact) mass is 345 g/mol. The maximum absolute atomic E-state index is 5.78. The molecule has 0 atom stereocenters. The highest BCUT2D eigenvalue weighted by Gasteiger charge is 2.07. The zero-order valence-electron chi connectivity index (χ0n) is 13.7. The number of rotatable bonds is 8. The van der Waals surface area contributed by atoms with E-state index in [1.165, 1.54) is 29.2 Å². The molecular formula is C16H19N5O2S. The van der Waals surface area contributed by atoms with Crippen molar-refractivity contribution in [1.29, 1.82) is 0 Å². The molecule has 2 aromatic heterocycles. The molecule has 0 aliphatic carbocycles. The highest BCUT2D eigenvalue weighted by atomic mass is 32.2. The fraction of sp³-hybridized carbons (Fsp3) is 0.375. The van der Waals surface area contributed by atoms with Gasteiger partial charge in [0.1, 0.15) is 24.9 Å². The molecular weight excluding hydrogens is 326 g/mol. The van der Waals surface area contributed by atoms with E-state index >= 15 is 0 Å². The van der Waals surface area contributed by atoms with Crippen LogP contribution in [-0.2, 0) is 6.54 Å². The van der Waals surface area contributed by atoms with Gasteiger partial charge in [-0.1, -0.05) is 17.8 Å². The molecule has 8 heteroatoms. The van der Waals surface area contributed by atoms with Crippen molar-refractivity contribution in [3.8, 4) is 5.75 Å². The van der Waals surface area contributed by atoms with Gasteiger partial charge in [0.15, 0.2) is 0 Å². The first kappa shape index (κ1) is 16.5. The van der Waals surface area contributed by atoms with E-state index in [0.717, 1.165) is 17.9 Å². The summed E-state index contributed by atoms with van der Waals surface area (Å²) >= 11 is 1.53. The zero-order valence-corrected chi connectivity index (χ0v) is 14.5. The first-order valence-electron chi connectivity index (χ1n) is 7.68. The molecule has 0 spiro atoms. The second kappa shape index (κ2) is 7.96. The maximum atomic E-state index is 5.78. The van der Waals surface area contributed by atoms with E-state index in [9.17, 15) is 0 Å². The standard InChI is InChI=1S/C16H19N5O2S/c1-12-6-13(2)8-14(7-12)22-4-3-5-24-16-20-19-15(23-16)9-21-11-17-10-18-21/h6-8,10-11H,3-5,9H2,1-2H3. The predicted octanol–water partition coefficient (Wildman–Crippen LogP) is 2.89. The van der Waals surface area contributed by atoms with Crippen LogP contribution in [0.15, 0.2) is 40.5 Å². The Kier molecular flexibility index (Phi) is 5.47. The smallest absolute Gasteiger partial charge is 0.276 e. The third kappa shape index (κ3) is 4.82. The van der Waals surface area contributed by atoms with Crippen molar-refractivity contribution in [2.75, 3.05) is 12.4 Å². The summed E-state index contributed by atoms with van der Waals surface area (Å²) in [5.74, 6) is 2.30. The summed E-state index contributed by atoms with van der Waals surface area (Å²) in [4.78, 5) is 3.87. The Labute approximate surface area is 144 Å². The number of aromatic nitrogens is 5. The minimum atomic E-state index is 0.434. The second-order valence-corrected chi connectivity index (χ2v) is 6.47. The molecule has 24 heavy (non-hydrogen) atoms. The van der Waals surface area contributed by atoms with Gasteiger partial charge in [0.05, 0.1) is 6.61 Å². The van der Waals surface area contributed by atoms with Crippen LogP contribution in [0.1, 0.15) is 23.4 Å².